The molecule has 1 amide bonds. The van der Waals surface area contributed by atoms with Crippen molar-refractivity contribution in [2.45, 2.75) is 6.92 Å². The van der Waals surface area contributed by atoms with Crippen LogP contribution in [-0.2, 0) is 4.79 Å². The molecule has 32 heavy (non-hydrogen) atoms. The van der Waals surface area contributed by atoms with Crippen molar-refractivity contribution in [2.24, 2.45) is 0 Å². The van der Waals surface area contributed by atoms with Crippen LogP contribution >= 0.6 is 0 Å². The molecular formula is C25H19N5O2. The van der Waals surface area contributed by atoms with Crippen LogP contribution in [0.4, 0.5) is 17.2 Å². The lowest BCUT2D eigenvalue weighted by atomic mass is 9.97. The highest BCUT2D eigenvalue weighted by Crippen LogP contribution is 2.30. The fraction of sp³-hybridized carbons (Fsp3) is 0.0400. The number of hydrogen-bond donors (Lipinski definition) is 3. The van der Waals surface area contributed by atoms with Crippen LogP contribution in [0.15, 0.2) is 79.3 Å². The van der Waals surface area contributed by atoms with Gasteiger partial charge < -0.3 is 15.6 Å². The van der Waals surface area contributed by atoms with Crippen LogP contribution in [-0.4, -0.2) is 26.6 Å². The number of aromatic amines is 1. The Bertz CT molecular complexity index is 1480. The third-order valence-electron chi connectivity index (χ3n) is 5.19. The number of hydrogen-bond acceptors (Lipinski definition) is 5. The molecule has 0 bridgehead atoms. The Hall–Kier alpha value is -4.52. The maximum Gasteiger partial charge on any atom is 0.221 e. The highest BCUT2D eigenvalue weighted by molar-refractivity contribution is 6.22. The number of H-pyrrole nitrogens is 1. The molecule has 0 saturated carbocycles. The van der Waals surface area contributed by atoms with Gasteiger partial charge in [0.2, 0.25) is 5.91 Å². The molecule has 0 atom stereocenters. The first-order valence-electron chi connectivity index (χ1n) is 10.1. The second kappa shape index (κ2) is 7.96. The fourth-order valence-electron chi connectivity index (χ4n) is 3.82. The molecule has 3 aromatic carbocycles. The fourth-order valence-corrected chi connectivity index (χ4v) is 3.82. The van der Waals surface area contributed by atoms with Crippen LogP contribution in [0, 0.1) is 0 Å². The van der Waals surface area contributed by atoms with Gasteiger partial charge in [0.05, 0.1) is 10.9 Å². The normalized spacial score (nSPS) is 10.9. The molecule has 0 saturated heterocycles. The summed E-state index contributed by atoms with van der Waals surface area (Å²) >= 11 is 0. The highest BCUT2D eigenvalue weighted by atomic mass is 16.1. The molecule has 3 N–H and O–H groups in total. The van der Waals surface area contributed by atoms with E-state index in [2.05, 4.69) is 25.6 Å². The summed E-state index contributed by atoms with van der Waals surface area (Å²) in [5.74, 6) is 0.234. The molecule has 0 aliphatic carbocycles. The minimum Gasteiger partial charge on any atom is -0.345 e. The minimum atomic E-state index is -0.153. The highest BCUT2D eigenvalue weighted by Gasteiger charge is 2.20. The van der Waals surface area contributed by atoms with Gasteiger partial charge in [0.15, 0.2) is 5.78 Å². The van der Waals surface area contributed by atoms with E-state index in [1.165, 1.54) is 13.3 Å². The summed E-state index contributed by atoms with van der Waals surface area (Å²) in [6.07, 6.45) is 3.10. The number of amides is 1. The van der Waals surface area contributed by atoms with Crippen molar-refractivity contribution in [1.82, 2.24) is 15.0 Å². The molecule has 0 radical (unpaired) electrons. The topological polar surface area (TPSA) is 99.8 Å². The summed E-state index contributed by atoms with van der Waals surface area (Å²) in [5.41, 5.74) is 3.04. The van der Waals surface area contributed by atoms with Crippen LogP contribution < -0.4 is 10.6 Å². The lowest BCUT2D eigenvalue weighted by Gasteiger charge is -2.10. The van der Waals surface area contributed by atoms with E-state index in [1.54, 1.807) is 18.3 Å². The molecule has 0 aliphatic rings. The first-order chi connectivity index (χ1) is 15.6. The monoisotopic (exact) mass is 421 g/mol. The first kappa shape index (κ1) is 19.4. The molecule has 156 valence electrons. The number of nitrogens with one attached hydrogen (secondary N) is 3. The molecule has 0 aliphatic heterocycles. The van der Waals surface area contributed by atoms with Gasteiger partial charge in [0.25, 0.3) is 0 Å². The second-order valence-corrected chi connectivity index (χ2v) is 7.39. The van der Waals surface area contributed by atoms with E-state index >= 15 is 0 Å². The third-order valence-corrected chi connectivity index (χ3v) is 5.19. The SMILES string of the molecule is CC(=O)Nc1cccc(Nc2ncnc3[nH]cc(C(=O)c4cccc5ccccc45)c23)c1. The number of rotatable bonds is 5. The smallest absolute Gasteiger partial charge is 0.221 e. The molecule has 5 aromatic rings. The average molecular weight is 421 g/mol. The standard InChI is InChI=1S/C25H19N5O2/c1-15(31)29-17-8-5-9-18(12-17)30-25-22-21(13-26-24(22)27-14-28-25)23(32)20-11-4-7-16-6-2-3-10-19(16)20/h2-14H,1H3,(H,29,31)(H2,26,27,28,30). The predicted molar refractivity (Wildman–Crippen MR) is 125 cm³/mol. The van der Waals surface area contributed by atoms with E-state index in [9.17, 15) is 9.59 Å². The van der Waals surface area contributed by atoms with Gasteiger partial charge in [0, 0.05) is 30.1 Å². The number of nitrogens with zero attached hydrogens (tertiary/aromatic N) is 2. The number of benzene rings is 3. The van der Waals surface area contributed by atoms with E-state index in [0.29, 0.717) is 33.7 Å². The van der Waals surface area contributed by atoms with Gasteiger partial charge in [-0.1, -0.05) is 48.5 Å². The molecule has 0 fully saturated rings. The van der Waals surface area contributed by atoms with Crippen molar-refractivity contribution in [3.63, 3.8) is 0 Å². The molecule has 7 heteroatoms. The average Bonchev–Trinajstić information content (AvgIpc) is 3.23. The Labute approximate surface area is 183 Å². The summed E-state index contributed by atoms with van der Waals surface area (Å²) in [6, 6.07) is 20.8. The van der Waals surface area contributed by atoms with E-state index in [4.69, 9.17) is 0 Å². The van der Waals surface area contributed by atoms with Crippen molar-refractivity contribution < 1.29 is 9.59 Å². The zero-order chi connectivity index (χ0) is 22.1. The Balaban J connectivity index is 1.58. The van der Waals surface area contributed by atoms with E-state index in [1.807, 2.05) is 54.6 Å². The van der Waals surface area contributed by atoms with Crippen molar-refractivity contribution in [3.8, 4) is 0 Å². The maximum atomic E-state index is 13.6. The Kier molecular flexibility index (Phi) is 4.84. The minimum absolute atomic E-state index is 0.113. The lowest BCUT2D eigenvalue weighted by Crippen LogP contribution is -2.06. The van der Waals surface area contributed by atoms with Crippen molar-refractivity contribution in [2.75, 3.05) is 10.6 Å². The molecular weight excluding hydrogens is 402 g/mol. The zero-order valence-corrected chi connectivity index (χ0v) is 17.2. The van der Waals surface area contributed by atoms with Gasteiger partial charge in [-0.25, -0.2) is 9.97 Å². The molecule has 0 spiro atoms. The molecule has 2 aromatic heterocycles. The van der Waals surface area contributed by atoms with Crippen molar-refractivity contribution in [3.05, 3.63) is 90.4 Å². The van der Waals surface area contributed by atoms with Crippen LogP contribution in [0.1, 0.15) is 22.8 Å². The molecule has 5 rings (SSSR count). The van der Waals surface area contributed by atoms with Gasteiger partial charge in [-0.15, -0.1) is 0 Å². The van der Waals surface area contributed by atoms with Crippen molar-refractivity contribution in [1.29, 1.82) is 0 Å². The summed E-state index contributed by atoms with van der Waals surface area (Å²) in [7, 11) is 0. The lowest BCUT2D eigenvalue weighted by molar-refractivity contribution is -0.114. The summed E-state index contributed by atoms with van der Waals surface area (Å²) in [6.45, 7) is 1.46. The van der Waals surface area contributed by atoms with Crippen LogP contribution in [0.3, 0.4) is 0 Å². The van der Waals surface area contributed by atoms with Gasteiger partial charge in [-0.05, 0) is 29.0 Å². The van der Waals surface area contributed by atoms with Gasteiger partial charge in [0.1, 0.15) is 17.8 Å². The number of anilines is 3. The van der Waals surface area contributed by atoms with Gasteiger partial charge >= 0.3 is 0 Å². The second-order valence-electron chi connectivity index (χ2n) is 7.39. The Morgan fingerprint density at radius 1 is 0.875 bits per heavy atom. The quantitative estimate of drug-likeness (QED) is 0.345. The molecule has 0 unspecified atom stereocenters. The Morgan fingerprint density at radius 3 is 2.53 bits per heavy atom. The summed E-state index contributed by atoms with van der Waals surface area (Å²) in [4.78, 5) is 36.7. The van der Waals surface area contributed by atoms with E-state index in [0.717, 1.165) is 16.5 Å². The van der Waals surface area contributed by atoms with Crippen LogP contribution in [0.5, 0.6) is 0 Å². The Morgan fingerprint density at radius 2 is 1.66 bits per heavy atom. The third kappa shape index (κ3) is 3.56. The van der Waals surface area contributed by atoms with Gasteiger partial charge in [-0.2, -0.15) is 0 Å². The molecule has 2 heterocycles. The summed E-state index contributed by atoms with van der Waals surface area (Å²) < 4.78 is 0. The first-order valence-corrected chi connectivity index (χ1v) is 10.1. The number of fused-ring (bicyclic) bond motifs is 2. The zero-order valence-electron chi connectivity index (χ0n) is 17.2. The number of carbonyl (C=O) groups excluding carboxylic acids is 2. The van der Waals surface area contributed by atoms with E-state index < -0.39 is 0 Å². The van der Waals surface area contributed by atoms with Crippen molar-refractivity contribution >= 4 is 50.7 Å². The van der Waals surface area contributed by atoms with Crippen LogP contribution in [0.2, 0.25) is 0 Å². The predicted octanol–water partition coefficient (Wildman–Crippen LogP) is 5.04. The number of carbonyl (C=O) groups is 2. The number of ketones is 1. The molecule has 7 nitrogen and oxygen atoms in total. The summed E-state index contributed by atoms with van der Waals surface area (Å²) in [5, 5.41) is 8.52. The van der Waals surface area contributed by atoms with Gasteiger partial charge in [-0.3, -0.25) is 9.59 Å². The van der Waals surface area contributed by atoms with E-state index in [-0.39, 0.29) is 11.7 Å². The maximum absolute atomic E-state index is 13.6. The van der Waals surface area contributed by atoms with Crippen LogP contribution in [0.25, 0.3) is 21.8 Å². The number of aromatic nitrogens is 3. The largest absolute Gasteiger partial charge is 0.345 e.